The Labute approximate surface area is 170 Å². The number of nitrogens with zero attached hydrogens (tertiary/aromatic N) is 5. The number of rotatable bonds is 4. The van der Waals surface area contributed by atoms with E-state index in [0.29, 0.717) is 6.04 Å². The molecule has 1 fully saturated rings. The van der Waals surface area contributed by atoms with Crippen LogP contribution in [0.1, 0.15) is 36.5 Å². The van der Waals surface area contributed by atoms with Crippen LogP contribution in [0.4, 0.5) is 0 Å². The third-order valence-corrected chi connectivity index (χ3v) is 6.07. The highest BCUT2D eigenvalue weighted by atomic mass is 16.5. The van der Waals surface area contributed by atoms with E-state index in [1.54, 1.807) is 11.0 Å². The molecule has 0 bridgehead atoms. The number of nitrogens with two attached hydrogens (primary N) is 1. The molecule has 7 heteroatoms. The maximum atomic E-state index is 6.66. The minimum Gasteiger partial charge on any atom is -0.484 e. The summed E-state index contributed by atoms with van der Waals surface area (Å²) in [6.45, 7) is 2.03. The Bertz CT molecular complexity index is 959. The number of ether oxygens (including phenoxy) is 1. The fourth-order valence-electron chi connectivity index (χ4n) is 4.68. The fourth-order valence-corrected chi connectivity index (χ4v) is 4.68. The molecule has 29 heavy (non-hydrogen) atoms. The van der Waals surface area contributed by atoms with Crippen LogP contribution in [0.25, 0.3) is 5.69 Å². The molecule has 2 aromatic carbocycles. The Balaban J connectivity index is 1.47. The molecule has 3 aromatic rings. The lowest BCUT2D eigenvalue weighted by molar-refractivity contribution is 0.0367. The first-order chi connectivity index (χ1) is 14.3. The Morgan fingerprint density at radius 1 is 1.07 bits per heavy atom. The summed E-state index contributed by atoms with van der Waals surface area (Å²) in [4.78, 5) is 2.54. The van der Waals surface area contributed by atoms with Gasteiger partial charge in [-0.15, -0.1) is 5.10 Å². The van der Waals surface area contributed by atoms with E-state index in [0.717, 1.165) is 50.2 Å². The molecule has 7 nitrogen and oxygen atoms in total. The lowest BCUT2D eigenvalue weighted by atomic mass is 9.84. The van der Waals surface area contributed by atoms with Crippen LogP contribution < -0.4 is 10.5 Å². The molecule has 2 N–H and O–H groups in total. The quantitative estimate of drug-likeness (QED) is 0.737. The Kier molecular flexibility index (Phi) is 4.99. The number of hydrogen-bond acceptors (Lipinski definition) is 6. The van der Waals surface area contributed by atoms with Gasteiger partial charge in [0.15, 0.2) is 0 Å². The van der Waals surface area contributed by atoms with Gasteiger partial charge >= 0.3 is 0 Å². The third kappa shape index (κ3) is 3.75. The maximum Gasteiger partial charge on any atom is 0.143 e. The van der Waals surface area contributed by atoms with Crippen LogP contribution in [-0.2, 0) is 6.42 Å². The fraction of sp³-hybridized carbons (Fsp3) is 0.409. The van der Waals surface area contributed by atoms with Gasteiger partial charge in [0, 0.05) is 18.7 Å². The van der Waals surface area contributed by atoms with Gasteiger partial charge in [0.25, 0.3) is 0 Å². The molecule has 1 saturated heterocycles. The third-order valence-electron chi connectivity index (χ3n) is 6.07. The van der Waals surface area contributed by atoms with E-state index in [1.165, 1.54) is 11.1 Å². The van der Waals surface area contributed by atoms with Crippen molar-refractivity contribution in [1.82, 2.24) is 25.1 Å². The predicted octanol–water partition coefficient (Wildman–Crippen LogP) is 2.52. The summed E-state index contributed by atoms with van der Waals surface area (Å²) < 4.78 is 8.30. The minimum atomic E-state index is -0.0191. The van der Waals surface area contributed by atoms with Crippen LogP contribution >= 0.6 is 0 Å². The summed E-state index contributed by atoms with van der Waals surface area (Å²) in [5.41, 5.74) is 9.85. The van der Waals surface area contributed by atoms with Crippen molar-refractivity contribution < 1.29 is 4.74 Å². The van der Waals surface area contributed by atoms with Gasteiger partial charge in [-0.2, -0.15) is 0 Å². The largest absolute Gasteiger partial charge is 0.484 e. The molecule has 1 aliphatic carbocycles. The molecule has 3 atom stereocenters. The molecule has 150 valence electrons. The Hall–Kier alpha value is -2.77. The number of hydrogen-bond donors (Lipinski definition) is 1. The number of piperidine rings is 1. The first-order valence-corrected chi connectivity index (χ1v) is 10.4. The second-order valence-corrected chi connectivity index (χ2v) is 7.99. The second-order valence-electron chi connectivity index (χ2n) is 7.99. The van der Waals surface area contributed by atoms with E-state index in [1.807, 2.05) is 24.3 Å². The summed E-state index contributed by atoms with van der Waals surface area (Å²) in [5, 5.41) is 11.4. The molecule has 2 aliphatic rings. The predicted molar refractivity (Wildman–Crippen MR) is 110 cm³/mol. The topological polar surface area (TPSA) is 82.1 Å². The average molecular weight is 390 g/mol. The highest BCUT2D eigenvalue weighted by Crippen LogP contribution is 2.37. The smallest absolute Gasteiger partial charge is 0.143 e. The highest BCUT2D eigenvalue weighted by molar-refractivity contribution is 5.40. The van der Waals surface area contributed by atoms with Crippen molar-refractivity contribution in [3.63, 3.8) is 0 Å². The molecule has 0 saturated carbocycles. The van der Waals surface area contributed by atoms with Crippen molar-refractivity contribution in [2.75, 3.05) is 13.1 Å². The van der Waals surface area contributed by atoms with E-state index in [4.69, 9.17) is 10.5 Å². The van der Waals surface area contributed by atoms with Crippen molar-refractivity contribution in [3.8, 4) is 11.4 Å². The van der Waals surface area contributed by atoms with Gasteiger partial charge in [-0.1, -0.05) is 30.3 Å². The SMILES string of the molecule is N[C@@H]1CCCN([C@H]2CCc3ccccc3[C@@H]2Oc2cccc(-n3cnnn3)c2)C1. The van der Waals surface area contributed by atoms with Crippen LogP contribution in [0.2, 0.25) is 0 Å². The van der Waals surface area contributed by atoms with Crippen molar-refractivity contribution in [1.29, 1.82) is 0 Å². The Morgan fingerprint density at radius 2 is 2.00 bits per heavy atom. The number of benzene rings is 2. The first-order valence-electron chi connectivity index (χ1n) is 10.4. The van der Waals surface area contributed by atoms with Gasteiger partial charge in [-0.25, -0.2) is 4.68 Å². The second kappa shape index (κ2) is 7.93. The van der Waals surface area contributed by atoms with E-state index in [2.05, 4.69) is 44.7 Å². The first kappa shape index (κ1) is 18.3. The summed E-state index contributed by atoms with van der Waals surface area (Å²) in [7, 11) is 0. The summed E-state index contributed by atoms with van der Waals surface area (Å²) >= 11 is 0. The van der Waals surface area contributed by atoms with Crippen LogP contribution in [0.5, 0.6) is 5.75 Å². The van der Waals surface area contributed by atoms with Crippen LogP contribution in [0, 0.1) is 0 Å². The number of fused-ring (bicyclic) bond motifs is 1. The summed E-state index contributed by atoms with van der Waals surface area (Å²) in [5.74, 6) is 0.825. The molecule has 5 rings (SSSR count). The van der Waals surface area contributed by atoms with Crippen LogP contribution in [0.15, 0.2) is 54.9 Å². The van der Waals surface area contributed by atoms with Gasteiger partial charge in [-0.3, -0.25) is 4.90 Å². The molecular weight excluding hydrogens is 364 g/mol. The molecule has 1 aromatic heterocycles. The number of aromatic nitrogens is 4. The standard InChI is InChI=1S/C22H26N6O/c23-17-6-4-12-27(14-17)21-11-10-16-5-1-2-9-20(16)22(21)29-19-8-3-7-18(13-19)28-15-24-25-26-28/h1-3,5,7-9,13,15,17,21-22H,4,6,10-12,14,23H2/t17-,21+,22+/m1/s1. The Morgan fingerprint density at radius 3 is 2.86 bits per heavy atom. The number of aryl methyl sites for hydroxylation is 1. The van der Waals surface area contributed by atoms with E-state index in [9.17, 15) is 0 Å². The molecule has 0 spiro atoms. The molecule has 0 radical (unpaired) electrons. The van der Waals surface area contributed by atoms with Crippen molar-refractivity contribution >= 4 is 0 Å². The zero-order chi connectivity index (χ0) is 19.6. The average Bonchev–Trinajstić information content (AvgIpc) is 3.29. The monoisotopic (exact) mass is 390 g/mol. The number of likely N-dealkylation sites (tertiary alicyclic amines) is 1. The van der Waals surface area contributed by atoms with Gasteiger partial charge in [0.05, 0.1) is 11.7 Å². The minimum absolute atomic E-state index is 0.0191. The van der Waals surface area contributed by atoms with Crippen molar-refractivity contribution in [2.24, 2.45) is 5.73 Å². The summed E-state index contributed by atoms with van der Waals surface area (Å²) in [6, 6.07) is 17.2. The van der Waals surface area contributed by atoms with E-state index in [-0.39, 0.29) is 12.1 Å². The van der Waals surface area contributed by atoms with Gasteiger partial charge in [-0.05, 0) is 65.9 Å². The zero-order valence-electron chi connectivity index (χ0n) is 16.4. The van der Waals surface area contributed by atoms with Gasteiger partial charge in [0.2, 0.25) is 0 Å². The van der Waals surface area contributed by atoms with E-state index >= 15 is 0 Å². The molecule has 0 amide bonds. The van der Waals surface area contributed by atoms with Gasteiger partial charge < -0.3 is 10.5 Å². The lowest BCUT2D eigenvalue weighted by Gasteiger charge is -2.43. The van der Waals surface area contributed by atoms with Crippen molar-refractivity contribution in [3.05, 3.63) is 66.0 Å². The van der Waals surface area contributed by atoms with Gasteiger partial charge in [0.1, 0.15) is 18.2 Å². The zero-order valence-corrected chi connectivity index (χ0v) is 16.4. The molecule has 1 aliphatic heterocycles. The maximum absolute atomic E-state index is 6.66. The molecule has 0 unspecified atom stereocenters. The summed E-state index contributed by atoms with van der Waals surface area (Å²) in [6.07, 6.45) is 6.00. The van der Waals surface area contributed by atoms with E-state index < -0.39 is 0 Å². The normalized spacial score (nSPS) is 24.8. The highest BCUT2D eigenvalue weighted by Gasteiger charge is 2.36. The lowest BCUT2D eigenvalue weighted by Crippen LogP contribution is -2.51. The number of tetrazole rings is 1. The molecular formula is C22H26N6O. The molecule has 2 heterocycles. The van der Waals surface area contributed by atoms with Crippen LogP contribution in [-0.4, -0.2) is 50.3 Å². The van der Waals surface area contributed by atoms with Crippen LogP contribution in [0.3, 0.4) is 0 Å². The van der Waals surface area contributed by atoms with Crippen molar-refractivity contribution in [2.45, 2.75) is 43.9 Å².